The fraction of sp³-hybridized carbons (Fsp3) is 0.474. The van der Waals surface area contributed by atoms with E-state index in [2.05, 4.69) is 10.2 Å². The van der Waals surface area contributed by atoms with Crippen LogP contribution < -0.4 is 0 Å². The molecule has 1 atom stereocenters. The summed E-state index contributed by atoms with van der Waals surface area (Å²) in [5.74, 6) is 0.126. The smallest absolute Gasteiger partial charge is 0.328 e. The summed E-state index contributed by atoms with van der Waals surface area (Å²) < 4.78 is 10.7. The summed E-state index contributed by atoms with van der Waals surface area (Å²) in [5, 5.41) is 8.37. The van der Waals surface area contributed by atoms with E-state index in [1.807, 2.05) is 31.2 Å². The Labute approximate surface area is 162 Å². The first-order valence-corrected chi connectivity index (χ1v) is 10.1. The lowest BCUT2D eigenvalue weighted by atomic mass is 10.0. The highest BCUT2D eigenvalue weighted by molar-refractivity contribution is 7.99. The summed E-state index contributed by atoms with van der Waals surface area (Å²) in [7, 11) is 0. The van der Waals surface area contributed by atoms with Crippen LogP contribution in [0, 0.1) is 6.92 Å². The molecule has 0 N–H and O–H groups in total. The quantitative estimate of drug-likeness (QED) is 0.554. The number of thioether (sulfide) groups is 1. The van der Waals surface area contributed by atoms with Crippen LogP contribution in [0.5, 0.6) is 0 Å². The highest BCUT2D eigenvalue weighted by atomic mass is 32.2. The van der Waals surface area contributed by atoms with Gasteiger partial charge in [0.1, 0.15) is 6.04 Å². The molecule has 144 valence electrons. The molecule has 1 aliphatic heterocycles. The van der Waals surface area contributed by atoms with Crippen LogP contribution in [0.4, 0.5) is 0 Å². The molecular formula is C19H23N3O4S. The summed E-state index contributed by atoms with van der Waals surface area (Å²) >= 11 is 1.18. The van der Waals surface area contributed by atoms with Crippen LogP contribution in [-0.4, -0.2) is 51.9 Å². The predicted molar refractivity (Wildman–Crippen MR) is 101 cm³/mol. The van der Waals surface area contributed by atoms with Gasteiger partial charge in [-0.2, -0.15) is 0 Å². The van der Waals surface area contributed by atoms with Gasteiger partial charge in [0.2, 0.25) is 11.8 Å². The van der Waals surface area contributed by atoms with Crippen molar-refractivity contribution in [3.8, 4) is 11.5 Å². The first kappa shape index (κ1) is 19.4. The Morgan fingerprint density at radius 2 is 2.04 bits per heavy atom. The fourth-order valence-electron chi connectivity index (χ4n) is 3.00. The van der Waals surface area contributed by atoms with Crippen molar-refractivity contribution >= 4 is 23.6 Å². The molecule has 1 amide bonds. The Morgan fingerprint density at radius 1 is 1.26 bits per heavy atom. The number of carbonyl (C=O) groups is 2. The third-order valence-corrected chi connectivity index (χ3v) is 5.21. The highest BCUT2D eigenvalue weighted by Gasteiger charge is 2.33. The minimum absolute atomic E-state index is 0.118. The predicted octanol–water partition coefficient (Wildman–Crippen LogP) is 3.08. The van der Waals surface area contributed by atoms with Gasteiger partial charge in [0.25, 0.3) is 5.22 Å². The maximum atomic E-state index is 12.6. The standard InChI is InChI=1S/C19H23N3O4S/c1-3-25-18(24)15-6-4-5-11-22(15)16(23)12-27-19-21-20-17(26-19)14-9-7-13(2)8-10-14/h7-10,15H,3-6,11-12H2,1-2H3/t15-/m0/s1. The maximum Gasteiger partial charge on any atom is 0.328 e. The Balaban J connectivity index is 1.59. The zero-order chi connectivity index (χ0) is 19.2. The van der Waals surface area contributed by atoms with Gasteiger partial charge in [-0.25, -0.2) is 4.79 Å². The van der Waals surface area contributed by atoms with E-state index in [1.165, 1.54) is 11.8 Å². The van der Waals surface area contributed by atoms with E-state index >= 15 is 0 Å². The minimum Gasteiger partial charge on any atom is -0.464 e. The van der Waals surface area contributed by atoms with Crippen molar-refractivity contribution < 1.29 is 18.7 Å². The lowest BCUT2D eigenvalue weighted by Crippen LogP contribution is -2.49. The number of esters is 1. The Kier molecular flexibility index (Phi) is 6.49. The zero-order valence-corrected chi connectivity index (χ0v) is 16.3. The number of carbonyl (C=O) groups excluding carboxylic acids is 2. The van der Waals surface area contributed by atoms with Crippen molar-refractivity contribution in [3.63, 3.8) is 0 Å². The molecule has 27 heavy (non-hydrogen) atoms. The Bertz CT molecular complexity index is 791. The molecule has 1 aromatic carbocycles. The van der Waals surface area contributed by atoms with Crippen molar-refractivity contribution in [1.82, 2.24) is 15.1 Å². The molecule has 2 aromatic rings. The third kappa shape index (κ3) is 4.88. The Morgan fingerprint density at radius 3 is 2.78 bits per heavy atom. The monoisotopic (exact) mass is 389 g/mol. The molecule has 0 aliphatic carbocycles. The number of hydrogen-bond acceptors (Lipinski definition) is 7. The van der Waals surface area contributed by atoms with Gasteiger partial charge >= 0.3 is 5.97 Å². The molecule has 0 unspecified atom stereocenters. The van der Waals surface area contributed by atoms with E-state index in [-0.39, 0.29) is 17.6 Å². The second-order valence-electron chi connectivity index (χ2n) is 6.38. The average molecular weight is 389 g/mol. The van der Waals surface area contributed by atoms with Crippen molar-refractivity contribution in [3.05, 3.63) is 29.8 Å². The van der Waals surface area contributed by atoms with Gasteiger partial charge in [-0.1, -0.05) is 29.5 Å². The van der Waals surface area contributed by atoms with Crippen molar-refractivity contribution in [2.45, 2.75) is 44.4 Å². The number of nitrogens with zero attached hydrogens (tertiary/aromatic N) is 3. The molecule has 0 spiro atoms. The van der Waals surface area contributed by atoms with E-state index in [4.69, 9.17) is 9.15 Å². The molecule has 0 saturated carbocycles. The van der Waals surface area contributed by atoms with Crippen molar-refractivity contribution in [2.75, 3.05) is 18.9 Å². The Hall–Kier alpha value is -2.35. The van der Waals surface area contributed by atoms with E-state index in [1.54, 1.807) is 11.8 Å². The summed E-state index contributed by atoms with van der Waals surface area (Å²) in [4.78, 5) is 26.3. The van der Waals surface area contributed by atoms with Gasteiger partial charge in [0, 0.05) is 12.1 Å². The van der Waals surface area contributed by atoms with Gasteiger partial charge in [0.15, 0.2) is 0 Å². The average Bonchev–Trinajstić information content (AvgIpc) is 3.16. The number of ether oxygens (including phenoxy) is 1. The zero-order valence-electron chi connectivity index (χ0n) is 15.5. The summed E-state index contributed by atoms with van der Waals surface area (Å²) in [6.07, 6.45) is 2.46. The molecule has 1 fully saturated rings. The molecular weight excluding hydrogens is 366 g/mol. The number of amides is 1. The number of aromatic nitrogens is 2. The van der Waals surface area contributed by atoms with Crippen LogP contribution >= 0.6 is 11.8 Å². The van der Waals surface area contributed by atoms with Gasteiger partial charge < -0.3 is 14.1 Å². The first-order valence-electron chi connectivity index (χ1n) is 9.08. The van der Waals surface area contributed by atoms with Crippen molar-refractivity contribution in [2.24, 2.45) is 0 Å². The molecule has 1 aliphatic rings. The number of rotatable bonds is 6. The summed E-state index contributed by atoms with van der Waals surface area (Å²) in [6, 6.07) is 7.29. The SMILES string of the molecule is CCOC(=O)[C@@H]1CCCCN1C(=O)CSc1nnc(-c2ccc(C)cc2)o1. The van der Waals surface area contributed by atoms with E-state index in [9.17, 15) is 9.59 Å². The molecule has 7 nitrogen and oxygen atoms in total. The van der Waals surface area contributed by atoms with Gasteiger partial charge in [0.05, 0.1) is 12.4 Å². The normalized spacial score (nSPS) is 17.0. The number of likely N-dealkylation sites (tertiary alicyclic amines) is 1. The lowest BCUT2D eigenvalue weighted by Gasteiger charge is -2.33. The van der Waals surface area contributed by atoms with E-state index in [0.717, 1.165) is 24.0 Å². The van der Waals surface area contributed by atoms with Crippen LogP contribution in [0.15, 0.2) is 33.9 Å². The number of aryl methyl sites for hydroxylation is 1. The fourth-order valence-corrected chi connectivity index (χ4v) is 3.65. The van der Waals surface area contributed by atoms with E-state index < -0.39 is 6.04 Å². The van der Waals surface area contributed by atoms with Gasteiger partial charge in [-0.15, -0.1) is 10.2 Å². The van der Waals surface area contributed by atoms with Crippen molar-refractivity contribution in [1.29, 1.82) is 0 Å². The third-order valence-electron chi connectivity index (χ3n) is 4.41. The van der Waals surface area contributed by atoms with Crippen LogP contribution in [0.1, 0.15) is 31.7 Å². The van der Waals surface area contributed by atoms with Crippen LogP contribution in [0.2, 0.25) is 0 Å². The summed E-state index contributed by atoms with van der Waals surface area (Å²) in [5.41, 5.74) is 1.99. The largest absolute Gasteiger partial charge is 0.464 e. The lowest BCUT2D eigenvalue weighted by molar-refractivity contribution is -0.155. The molecule has 0 bridgehead atoms. The molecule has 1 saturated heterocycles. The molecule has 0 radical (unpaired) electrons. The second kappa shape index (κ2) is 9.03. The maximum absolute atomic E-state index is 12.6. The number of hydrogen-bond donors (Lipinski definition) is 0. The van der Waals surface area contributed by atoms with Gasteiger partial charge in [-0.3, -0.25) is 4.79 Å². The van der Waals surface area contributed by atoms with Crippen LogP contribution in [0.25, 0.3) is 11.5 Å². The minimum atomic E-state index is -0.488. The number of benzene rings is 1. The number of piperidine rings is 1. The van der Waals surface area contributed by atoms with Crippen LogP contribution in [-0.2, 0) is 14.3 Å². The molecule has 8 heteroatoms. The van der Waals surface area contributed by atoms with E-state index in [0.29, 0.717) is 30.7 Å². The van der Waals surface area contributed by atoms with Crippen LogP contribution in [0.3, 0.4) is 0 Å². The van der Waals surface area contributed by atoms with Gasteiger partial charge in [-0.05, 0) is 45.2 Å². The molecule has 3 rings (SSSR count). The molecule has 1 aromatic heterocycles. The molecule has 2 heterocycles. The highest BCUT2D eigenvalue weighted by Crippen LogP contribution is 2.25. The summed E-state index contributed by atoms with van der Waals surface area (Å²) in [6.45, 7) is 4.66. The topological polar surface area (TPSA) is 85.5 Å². The first-order chi connectivity index (χ1) is 13.1. The second-order valence-corrected chi connectivity index (χ2v) is 7.31.